The molecule has 0 radical (unpaired) electrons. The van der Waals surface area contributed by atoms with Crippen LogP contribution < -0.4 is 10.6 Å². The van der Waals surface area contributed by atoms with E-state index < -0.39 is 12.2 Å². The predicted molar refractivity (Wildman–Crippen MR) is 62.5 cm³/mol. The number of primary amides is 1. The number of nitrogens with zero attached hydrogens (tertiary/aromatic N) is 1. The first kappa shape index (κ1) is 11.4. The third-order valence-corrected chi connectivity index (χ3v) is 2.72. The lowest BCUT2D eigenvalue weighted by atomic mass is 10.1. The Hall–Kier alpha value is -2.04. The average molecular weight is 234 g/mol. The summed E-state index contributed by atoms with van der Waals surface area (Å²) in [6, 6.07) is 9.31. The number of hydrogen-bond donors (Lipinski definition) is 1. The second kappa shape index (κ2) is 4.86. The first-order valence-electron chi connectivity index (χ1n) is 5.51. The van der Waals surface area contributed by atoms with Gasteiger partial charge in [0.2, 0.25) is 0 Å². The molecule has 2 N–H and O–H groups in total. The highest BCUT2D eigenvalue weighted by atomic mass is 16.6. The van der Waals surface area contributed by atoms with E-state index in [0.717, 1.165) is 12.1 Å². The topological polar surface area (TPSA) is 72.6 Å². The van der Waals surface area contributed by atoms with Gasteiger partial charge in [-0.05, 0) is 25.0 Å². The lowest BCUT2D eigenvalue weighted by Gasteiger charge is -2.31. The van der Waals surface area contributed by atoms with Crippen molar-refractivity contribution < 1.29 is 14.3 Å². The van der Waals surface area contributed by atoms with Crippen LogP contribution in [0.2, 0.25) is 0 Å². The molecule has 5 nitrogen and oxygen atoms in total. The van der Waals surface area contributed by atoms with E-state index in [2.05, 4.69) is 0 Å². The Morgan fingerprint density at radius 3 is 2.71 bits per heavy atom. The summed E-state index contributed by atoms with van der Waals surface area (Å²) in [5.41, 5.74) is 5.75. The zero-order chi connectivity index (χ0) is 12.3. The monoisotopic (exact) mass is 234 g/mol. The third-order valence-electron chi connectivity index (χ3n) is 2.72. The van der Waals surface area contributed by atoms with Crippen LogP contribution in [0.3, 0.4) is 0 Å². The number of nitrogens with two attached hydrogens (primary N) is 1. The average Bonchev–Trinajstić information content (AvgIpc) is 2.32. The summed E-state index contributed by atoms with van der Waals surface area (Å²) in [6.07, 6.45) is -0.330. The molecular weight excluding hydrogens is 220 g/mol. The molecule has 90 valence electrons. The van der Waals surface area contributed by atoms with Crippen LogP contribution in [-0.2, 0) is 9.53 Å². The van der Waals surface area contributed by atoms with E-state index in [1.165, 1.54) is 0 Å². The molecule has 1 aromatic carbocycles. The molecule has 1 aromatic rings. The number of anilines is 1. The van der Waals surface area contributed by atoms with E-state index >= 15 is 0 Å². The molecule has 1 atom stereocenters. The minimum Gasteiger partial charge on any atom is -0.436 e. The lowest BCUT2D eigenvalue weighted by molar-refractivity contribution is -0.128. The van der Waals surface area contributed by atoms with Crippen LogP contribution >= 0.6 is 0 Å². The second-order valence-corrected chi connectivity index (χ2v) is 3.89. The number of ether oxygens (including phenoxy) is 1. The van der Waals surface area contributed by atoms with Gasteiger partial charge in [0, 0.05) is 12.2 Å². The first-order valence-corrected chi connectivity index (χ1v) is 5.51. The summed E-state index contributed by atoms with van der Waals surface area (Å²) in [5.74, 6) is -0.207. The van der Waals surface area contributed by atoms with Gasteiger partial charge in [0.1, 0.15) is 0 Å². The van der Waals surface area contributed by atoms with Crippen molar-refractivity contribution in [2.75, 3.05) is 11.4 Å². The molecule has 1 saturated heterocycles. The molecule has 1 unspecified atom stereocenters. The number of carbonyl (C=O) groups excluding carboxylic acids is 2. The maximum Gasteiger partial charge on any atom is 0.405 e. The van der Waals surface area contributed by atoms with E-state index in [-0.39, 0.29) is 5.91 Å². The van der Waals surface area contributed by atoms with E-state index in [0.29, 0.717) is 13.0 Å². The quantitative estimate of drug-likeness (QED) is 0.837. The van der Waals surface area contributed by atoms with Crippen LogP contribution in [0, 0.1) is 0 Å². The van der Waals surface area contributed by atoms with Gasteiger partial charge in [0.15, 0.2) is 6.10 Å². The van der Waals surface area contributed by atoms with Gasteiger partial charge in [-0.15, -0.1) is 0 Å². The number of amides is 2. The number of rotatable bonds is 2. The molecule has 2 amide bonds. The molecule has 1 fully saturated rings. The Labute approximate surface area is 99.2 Å². The summed E-state index contributed by atoms with van der Waals surface area (Å²) in [6.45, 7) is 0.640. The van der Waals surface area contributed by atoms with Crippen molar-refractivity contribution in [3.63, 3.8) is 0 Å². The van der Waals surface area contributed by atoms with Gasteiger partial charge in [-0.25, -0.2) is 4.79 Å². The standard InChI is InChI=1S/C12H14N2O3/c13-12(16)17-10-7-4-8-14(11(10)15)9-5-2-1-3-6-9/h1-3,5-6,10H,4,7-8H2,(H2,13,16). The summed E-state index contributed by atoms with van der Waals surface area (Å²) in [7, 11) is 0. The number of hydrogen-bond acceptors (Lipinski definition) is 3. The van der Waals surface area contributed by atoms with Crippen molar-refractivity contribution in [1.82, 2.24) is 0 Å². The Bertz CT molecular complexity index is 419. The zero-order valence-corrected chi connectivity index (χ0v) is 9.33. The van der Waals surface area contributed by atoms with Gasteiger partial charge < -0.3 is 15.4 Å². The molecule has 0 saturated carbocycles. The third kappa shape index (κ3) is 2.55. The van der Waals surface area contributed by atoms with Gasteiger partial charge in [0.05, 0.1) is 0 Å². The first-order chi connectivity index (χ1) is 8.18. The van der Waals surface area contributed by atoms with Crippen LogP contribution in [-0.4, -0.2) is 24.6 Å². The minimum atomic E-state index is -0.904. The van der Waals surface area contributed by atoms with Gasteiger partial charge in [-0.2, -0.15) is 0 Å². The minimum absolute atomic E-state index is 0.207. The fraction of sp³-hybridized carbons (Fsp3) is 0.333. The molecule has 0 bridgehead atoms. The highest BCUT2D eigenvalue weighted by Gasteiger charge is 2.31. The molecule has 1 heterocycles. The second-order valence-electron chi connectivity index (χ2n) is 3.89. The van der Waals surface area contributed by atoms with E-state index in [1.807, 2.05) is 30.3 Å². The van der Waals surface area contributed by atoms with Crippen molar-refractivity contribution in [3.8, 4) is 0 Å². The van der Waals surface area contributed by atoms with E-state index in [4.69, 9.17) is 10.5 Å². The Kier molecular flexibility index (Phi) is 3.27. The molecule has 0 aliphatic carbocycles. The van der Waals surface area contributed by atoms with Crippen LogP contribution in [0.15, 0.2) is 30.3 Å². The molecule has 0 spiro atoms. The lowest BCUT2D eigenvalue weighted by Crippen LogP contribution is -2.46. The number of carbonyl (C=O) groups is 2. The van der Waals surface area contributed by atoms with Crippen LogP contribution in [0.5, 0.6) is 0 Å². The summed E-state index contributed by atoms with van der Waals surface area (Å²) in [5, 5.41) is 0. The van der Waals surface area contributed by atoms with Gasteiger partial charge in [-0.1, -0.05) is 18.2 Å². The molecule has 17 heavy (non-hydrogen) atoms. The summed E-state index contributed by atoms with van der Waals surface area (Å²) < 4.78 is 4.80. The van der Waals surface area contributed by atoms with Crippen molar-refractivity contribution in [3.05, 3.63) is 30.3 Å². The molecule has 1 aliphatic rings. The number of para-hydroxylation sites is 1. The Morgan fingerprint density at radius 2 is 2.06 bits per heavy atom. The smallest absolute Gasteiger partial charge is 0.405 e. The van der Waals surface area contributed by atoms with Crippen LogP contribution in [0.1, 0.15) is 12.8 Å². The molecule has 1 aliphatic heterocycles. The molecule has 2 rings (SSSR count). The Morgan fingerprint density at radius 1 is 1.35 bits per heavy atom. The maximum absolute atomic E-state index is 12.1. The van der Waals surface area contributed by atoms with Crippen molar-refractivity contribution >= 4 is 17.7 Å². The van der Waals surface area contributed by atoms with Crippen molar-refractivity contribution in [2.45, 2.75) is 18.9 Å². The molecule has 5 heteroatoms. The van der Waals surface area contributed by atoms with Crippen molar-refractivity contribution in [2.24, 2.45) is 5.73 Å². The van der Waals surface area contributed by atoms with E-state index in [1.54, 1.807) is 4.90 Å². The summed E-state index contributed by atoms with van der Waals surface area (Å²) in [4.78, 5) is 24.4. The highest BCUT2D eigenvalue weighted by Crippen LogP contribution is 2.22. The predicted octanol–water partition coefficient (Wildman–Crippen LogP) is 1.28. The fourth-order valence-corrected chi connectivity index (χ4v) is 1.96. The van der Waals surface area contributed by atoms with Crippen LogP contribution in [0.25, 0.3) is 0 Å². The largest absolute Gasteiger partial charge is 0.436 e. The summed E-state index contributed by atoms with van der Waals surface area (Å²) >= 11 is 0. The SMILES string of the molecule is NC(=O)OC1CCCN(c2ccccc2)C1=O. The molecular formula is C12H14N2O3. The normalized spacial score (nSPS) is 20.1. The fourth-order valence-electron chi connectivity index (χ4n) is 1.96. The van der Waals surface area contributed by atoms with Crippen LogP contribution in [0.4, 0.5) is 10.5 Å². The van der Waals surface area contributed by atoms with Gasteiger partial charge >= 0.3 is 6.09 Å². The van der Waals surface area contributed by atoms with E-state index in [9.17, 15) is 9.59 Å². The maximum atomic E-state index is 12.1. The van der Waals surface area contributed by atoms with Gasteiger partial charge in [-0.3, -0.25) is 4.79 Å². The number of benzene rings is 1. The van der Waals surface area contributed by atoms with Crippen molar-refractivity contribution in [1.29, 1.82) is 0 Å². The van der Waals surface area contributed by atoms with Gasteiger partial charge in [0.25, 0.3) is 5.91 Å². The highest BCUT2D eigenvalue weighted by molar-refractivity contribution is 5.98. The molecule has 0 aromatic heterocycles. The number of piperidine rings is 1. The Balaban J connectivity index is 2.14. The zero-order valence-electron chi connectivity index (χ0n) is 9.33.